The van der Waals surface area contributed by atoms with Crippen LogP contribution in [0.2, 0.25) is 0 Å². The fourth-order valence-corrected chi connectivity index (χ4v) is 4.72. The first kappa shape index (κ1) is 19.4. The fourth-order valence-electron chi connectivity index (χ4n) is 4.72. The average molecular weight is 392 g/mol. The zero-order valence-corrected chi connectivity index (χ0v) is 17.7. The monoisotopic (exact) mass is 392 g/mol. The Hall–Kier alpha value is -2.95. The quantitative estimate of drug-likeness (QED) is 0.853. The molecular formula is C24H28N2O3. The Morgan fingerprint density at radius 3 is 2.66 bits per heavy atom. The molecule has 5 nitrogen and oxygen atoms in total. The Morgan fingerprint density at radius 1 is 1.14 bits per heavy atom. The Bertz CT molecular complexity index is 996. The van der Waals surface area contributed by atoms with E-state index in [1.807, 2.05) is 24.3 Å². The average Bonchev–Trinajstić information content (AvgIpc) is 2.89. The molecule has 0 aromatic heterocycles. The largest absolute Gasteiger partial charge is 0.493 e. The highest BCUT2D eigenvalue weighted by Gasteiger charge is 2.57. The summed E-state index contributed by atoms with van der Waals surface area (Å²) in [5.41, 5.74) is 3.60. The van der Waals surface area contributed by atoms with Crippen molar-refractivity contribution < 1.29 is 14.3 Å². The van der Waals surface area contributed by atoms with E-state index in [0.29, 0.717) is 24.5 Å². The first-order valence-electron chi connectivity index (χ1n) is 9.94. The summed E-state index contributed by atoms with van der Waals surface area (Å²) in [5.74, 6) is 1.43. The van der Waals surface area contributed by atoms with Gasteiger partial charge in [-0.15, -0.1) is 0 Å². The molecule has 0 spiro atoms. The number of benzene rings is 2. The van der Waals surface area contributed by atoms with Crippen LogP contribution in [0.15, 0.2) is 42.5 Å². The summed E-state index contributed by atoms with van der Waals surface area (Å²) in [4.78, 5) is 14.9. The minimum atomic E-state index is -0.646. The van der Waals surface area contributed by atoms with Gasteiger partial charge < -0.3 is 19.7 Å². The number of methoxy groups -OCH3 is 2. The maximum absolute atomic E-state index is 12.5. The smallest absolute Gasteiger partial charge is 0.223 e. The molecule has 2 aromatic carbocycles. The summed E-state index contributed by atoms with van der Waals surface area (Å²) in [6, 6.07) is 12.3. The molecule has 29 heavy (non-hydrogen) atoms. The molecule has 2 heterocycles. The minimum Gasteiger partial charge on any atom is -0.493 e. The van der Waals surface area contributed by atoms with Gasteiger partial charge in [0.05, 0.1) is 14.2 Å². The van der Waals surface area contributed by atoms with E-state index in [0.717, 1.165) is 5.56 Å². The van der Waals surface area contributed by atoms with Crippen molar-refractivity contribution in [2.24, 2.45) is 0 Å². The molecule has 152 valence electrons. The van der Waals surface area contributed by atoms with Crippen LogP contribution in [-0.2, 0) is 10.2 Å². The topological polar surface area (TPSA) is 50.8 Å². The van der Waals surface area contributed by atoms with Crippen molar-refractivity contribution >= 4 is 17.7 Å². The van der Waals surface area contributed by atoms with Crippen molar-refractivity contribution in [2.75, 3.05) is 25.7 Å². The number of hydrogen-bond acceptors (Lipinski definition) is 4. The molecule has 5 heteroatoms. The minimum absolute atomic E-state index is 0.0705. The van der Waals surface area contributed by atoms with Gasteiger partial charge in [0.2, 0.25) is 5.91 Å². The van der Waals surface area contributed by atoms with Crippen LogP contribution >= 0.6 is 0 Å². The van der Waals surface area contributed by atoms with Gasteiger partial charge in [-0.2, -0.15) is 0 Å². The number of nitrogens with one attached hydrogen (secondary N) is 1. The van der Waals surface area contributed by atoms with Crippen molar-refractivity contribution in [1.29, 1.82) is 0 Å². The number of fused-ring (bicyclic) bond motifs is 3. The van der Waals surface area contributed by atoms with E-state index >= 15 is 0 Å². The van der Waals surface area contributed by atoms with E-state index in [-0.39, 0.29) is 11.3 Å². The number of carbonyl (C=O) groups excluding carboxylic acids is 1. The van der Waals surface area contributed by atoms with Gasteiger partial charge in [-0.25, -0.2) is 0 Å². The standard InChI is InChI=1S/C24H28N2O3/c1-16-9-10-19-18(15-16)23(2,3)24(25-21(27)12-14-26(19)24)13-11-17-7-6-8-20(28-4)22(17)29-5/h6-11,13,15H,12,14H2,1-5H3,(H,25,27)/b13-11+/t24-/m1/s1. The van der Waals surface area contributed by atoms with E-state index in [1.54, 1.807) is 14.2 Å². The number of aryl methyl sites for hydroxylation is 1. The summed E-state index contributed by atoms with van der Waals surface area (Å²) in [6.07, 6.45) is 4.62. The van der Waals surface area contributed by atoms with Crippen molar-refractivity contribution in [3.05, 3.63) is 59.2 Å². The first-order chi connectivity index (χ1) is 13.8. The van der Waals surface area contributed by atoms with Crippen molar-refractivity contribution in [1.82, 2.24) is 5.32 Å². The molecule has 0 saturated carbocycles. The molecular weight excluding hydrogens is 364 g/mol. The molecule has 1 N–H and O–H groups in total. The highest BCUT2D eigenvalue weighted by molar-refractivity contribution is 5.85. The fraction of sp³-hybridized carbons (Fsp3) is 0.375. The Kier molecular flexibility index (Phi) is 4.56. The maximum atomic E-state index is 12.5. The van der Waals surface area contributed by atoms with Crippen molar-refractivity contribution in [2.45, 2.75) is 38.3 Å². The van der Waals surface area contributed by atoms with Gasteiger partial charge in [-0.1, -0.05) is 49.8 Å². The van der Waals surface area contributed by atoms with E-state index in [2.05, 4.69) is 55.3 Å². The predicted molar refractivity (Wildman–Crippen MR) is 116 cm³/mol. The Morgan fingerprint density at radius 2 is 1.93 bits per heavy atom. The number of anilines is 1. The maximum Gasteiger partial charge on any atom is 0.223 e. The van der Waals surface area contributed by atoms with Crippen LogP contribution in [-0.4, -0.2) is 32.3 Å². The lowest BCUT2D eigenvalue weighted by Crippen LogP contribution is -2.68. The molecule has 1 saturated heterocycles. The molecule has 4 rings (SSSR count). The lowest BCUT2D eigenvalue weighted by Gasteiger charge is -2.49. The number of rotatable bonds is 4. The molecule has 1 atom stereocenters. The van der Waals surface area contributed by atoms with Crippen LogP contribution < -0.4 is 19.7 Å². The molecule has 2 aliphatic rings. The Balaban J connectivity index is 1.86. The van der Waals surface area contributed by atoms with E-state index in [4.69, 9.17) is 9.47 Å². The number of carbonyl (C=O) groups is 1. The second-order valence-electron chi connectivity index (χ2n) is 8.28. The molecule has 1 fully saturated rings. The molecule has 1 amide bonds. The molecule has 0 unspecified atom stereocenters. The summed E-state index contributed by atoms with van der Waals surface area (Å²) in [6.45, 7) is 7.19. The number of amides is 1. The van der Waals surface area contributed by atoms with Crippen LogP contribution in [0, 0.1) is 6.92 Å². The van der Waals surface area contributed by atoms with Gasteiger partial charge in [-0.05, 0) is 30.7 Å². The summed E-state index contributed by atoms with van der Waals surface area (Å²) < 4.78 is 11.0. The normalized spacial score (nSPS) is 22.2. The third kappa shape index (κ3) is 2.79. The number of nitrogens with zero attached hydrogens (tertiary/aromatic N) is 1. The van der Waals surface area contributed by atoms with Crippen LogP contribution in [0.3, 0.4) is 0 Å². The second kappa shape index (κ2) is 6.83. The van der Waals surface area contributed by atoms with E-state index in [1.165, 1.54) is 16.8 Å². The van der Waals surface area contributed by atoms with Gasteiger partial charge in [0.25, 0.3) is 0 Å². The van der Waals surface area contributed by atoms with Crippen LogP contribution in [0.1, 0.15) is 37.0 Å². The lowest BCUT2D eigenvalue weighted by molar-refractivity contribution is -0.124. The molecule has 2 aromatic rings. The molecule has 2 aliphatic heterocycles. The SMILES string of the molecule is COc1cccc(/C=C/[C@@]23NC(=O)CCN2c2ccc(C)cc2C3(C)C)c1OC. The van der Waals surface area contributed by atoms with Gasteiger partial charge in [-0.3, -0.25) is 4.79 Å². The molecule has 0 bridgehead atoms. The summed E-state index contributed by atoms with van der Waals surface area (Å²) in [5, 5.41) is 3.31. The van der Waals surface area contributed by atoms with E-state index < -0.39 is 5.66 Å². The van der Waals surface area contributed by atoms with Crippen LogP contribution in [0.4, 0.5) is 5.69 Å². The van der Waals surface area contributed by atoms with Gasteiger partial charge >= 0.3 is 0 Å². The third-order valence-electron chi connectivity index (χ3n) is 6.32. The Labute approximate surface area is 172 Å². The highest BCUT2D eigenvalue weighted by Crippen LogP contribution is 2.52. The van der Waals surface area contributed by atoms with Gasteiger partial charge in [0.1, 0.15) is 5.66 Å². The molecule has 0 aliphatic carbocycles. The first-order valence-corrected chi connectivity index (χ1v) is 9.94. The number of hydrogen-bond donors (Lipinski definition) is 1. The van der Waals surface area contributed by atoms with Crippen LogP contribution in [0.5, 0.6) is 11.5 Å². The summed E-state index contributed by atoms with van der Waals surface area (Å²) in [7, 11) is 3.27. The second-order valence-corrected chi connectivity index (χ2v) is 8.28. The highest BCUT2D eigenvalue weighted by atomic mass is 16.5. The van der Waals surface area contributed by atoms with Gasteiger partial charge in [0, 0.05) is 29.6 Å². The van der Waals surface area contributed by atoms with Crippen molar-refractivity contribution in [3.63, 3.8) is 0 Å². The molecule has 0 radical (unpaired) electrons. The lowest BCUT2D eigenvalue weighted by atomic mass is 9.74. The number of para-hydroxylation sites is 1. The predicted octanol–water partition coefficient (Wildman–Crippen LogP) is 4.04. The van der Waals surface area contributed by atoms with E-state index in [9.17, 15) is 4.79 Å². The summed E-state index contributed by atoms with van der Waals surface area (Å²) >= 11 is 0. The third-order valence-corrected chi connectivity index (χ3v) is 6.32. The zero-order chi connectivity index (χ0) is 20.8. The number of ether oxygens (including phenoxy) is 2. The van der Waals surface area contributed by atoms with Gasteiger partial charge in [0.15, 0.2) is 11.5 Å². The van der Waals surface area contributed by atoms with Crippen molar-refractivity contribution in [3.8, 4) is 11.5 Å². The zero-order valence-electron chi connectivity index (χ0n) is 17.7. The van der Waals surface area contributed by atoms with Crippen LogP contribution in [0.25, 0.3) is 6.08 Å².